The number of halogens is 3. The monoisotopic (exact) mass is 333 g/mol. The summed E-state index contributed by atoms with van der Waals surface area (Å²) in [7, 11) is 0. The van der Waals surface area contributed by atoms with E-state index >= 15 is 0 Å². The second kappa shape index (κ2) is 7.96. The zero-order valence-corrected chi connectivity index (χ0v) is 12.6. The van der Waals surface area contributed by atoms with E-state index < -0.39 is 42.7 Å². The van der Waals surface area contributed by atoms with Crippen molar-refractivity contribution in [2.24, 2.45) is 5.92 Å². The number of rotatable bonds is 7. The van der Waals surface area contributed by atoms with E-state index in [1.54, 1.807) is 30.3 Å². The van der Waals surface area contributed by atoms with Crippen LogP contribution < -0.4 is 5.32 Å². The molecule has 1 amide bonds. The van der Waals surface area contributed by atoms with Gasteiger partial charge in [0, 0.05) is 0 Å². The number of carbonyl (C=O) groups excluding carboxylic acids is 1. The van der Waals surface area contributed by atoms with Crippen molar-refractivity contribution >= 4 is 11.9 Å². The van der Waals surface area contributed by atoms with Crippen molar-refractivity contribution in [3.8, 4) is 0 Å². The summed E-state index contributed by atoms with van der Waals surface area (Å²) in [4.78, 5) is 23.2. The van der Waals surface area contributed by atoms with Gasteiger partial charge in [0.25, 0.3) is 0 Å². The molecule has 128 valence electrons. The Balaban J connectivity index is 2.81. The number of benzene rings is 1. The molecule has 5 nitrogen and oxygen atoms in total. The summed E-state index contributed by atoms with van der Waals surface area (Å²) in [5.41, 5.74) is 0.541. The molecule has 0 fully saturated rings. The second-order valence-electron chi connectivity index (χ2n) is 5.09. The normalized spacial score (nSPS) is 15.5. The standard InChI is InChI=1S/C15H18F3NO4/c1-9(14(21)22)12(11-6-4-3-5-7-11)19-13(20)10(2)23-8-15(16,17)18/h3-7,9-10,12H,8H2,1-2H3,(H,19,20)(H,21,22)/t9-,10-,12+/m0/s1. The van der Waals surface area contributed by atoms with E-state index in [1.807, 2.05) is 0 Å². The van der Waals surface area contributed by atoms with Crippen LogP contribution in [0.15, 0.2) is 30.3 Å². The maximum atomic E-state index is 12.1. The predicted molar refractivity (Wildman–Crippen MR) is 75.6 cm³/mol. The Bertz CT molecular complexity index is 533. The Kier molecular flexibility index (Phi) is 6.56. The third-order valence-corrected chi connectivity index (χ3v) is 3.21. The molecule has 0 aliphatic rings. The smallest absolute Gasteiger partial charge is 0.411 e. The number of carboxylic acids is 1. The molecule has 0 saturated heterocycles. The Morgan fingerprint density at radius 2 is 1.78 bits per heavy atom. The van der Waals surface area contributed by atoms with Crippen LogP contribution >= 0.6 is 0 Å². The minimum Gasteiger partial charge on any atom is -0.481 e. The first-order valence-corrected chi connectivity index (χ1v) is 6.88. The van der Waals surface area contributed by atoms with Crippen molar-refractivity contribution in [1.29, 1.82) is 0 Å². The van der Waals surface area contributed by atoms with Gasteiger partial charge in [-0.3, -0.25) is 9.59 Å². The SMILES string of the molecule is C[C@H](OCC(F)(F)F)C(=O)N[C@@H](c1ccccc1)[C@H](C)C(=O)O. The van der Waals surface area contributed by atoms with Crippen molar-refractivity contribution < 1.29 is 32.6 Å². The van der Waals surface area contributed by atoms with Crippen molar-refractivity contribution in [3.63, 3.8) is 0 Å². The molecule has 3 atom stereocenters. The minimum absolute atomic E-state index is 0.541. The molecular formula is C15H18F3NO4. The molecule has 0 heterocycles. The van der Waals surface area contributed by atoms with E-state index in [-0.39, 0.29) is 0 Å². The summed E-state index contributed by atoms with van der Waals surface area (Å²) in [5, 5.41) is 11.6. The van der Waals surface area contributed by atoms with Crippen LogP contribution in [0.1, 0.15) is 25.5 Å². The van der Waals surface area contributed by atoms with Crippen molar-refractivity contribution in [1.82, 2.24) is 5.32 Å². The highest BCUT2D eigenvalue weighted by atomic mass is 19.4. The molecule has 2 N–H and O–H groups in total. The third kappa shape index (κ3) is 6.27. The Hall–Kier alpha value is -2.09. The van der Waals surface area contributed by atoms with Gasteiger partial charge in [-0.2, -0.15) is 13.2 Å². The Morgan fingerprint density at radius 3 is 2.26 bits per heavy atom. The highest BCUT2D eigenvalue weighted by molar-refractivity contribution is 5.82. The average Bonchev–Trinajstić information content (AvgIpc) is 2.49. The molecule has 23 heavy (non-hydrogen) atoms. The maximum Gasteiger partial charge on any atom is 0.411 e. The zero-order valence-electron chi connectivity index (χ0n) is 12.6. The summed E-state index contributed by atoms with van der Waals surface area (Å²) >= 11 is 0. The highest BCUT2D eigenvalue weighted by Crippen LogP contribution is 2.23. The minimum atomic E-state index is -4.54. The first kappa shape index (κ1) is 19.0. The molecular weight excluding hydrogens is 315 g/mol. The maximum absolute atomic E-state index is 12.1. The van der Waals surface area contributed by atoms with Gasteiger partial charge in [-0.15, -0.1) is 0 Å². The van der Waals surface area contributed by atoms with Gasteiger partial charge in [-0.25, -0.2) is 0 Å². The van der Waals surface area contributed by atoms with Gasteiger partial charge < -0.3 is 15.2 Å². The third-order valence-electron chi connectivity index (χ3n) is 3.21. The van der Waals surface area contributed by atoms with Gasteiger partial charge >= 0.3 is 12.1 Å². The summed E-state index contributed by atoms with van der Waals surface area (Å²) in [6, 6.07) is 7.46. The van der Waals surface area contributed by atoms with Crippen LogP contribution in [0.5, 0.6) is 0 Å². The largest absolute Gasteiger partial charge is 0.481 e. The predicted octanol–water partition coefficient (Wildman–Crippen LogP) is 2.53. The average molecular weight is 333 g/mol. The van der Waals surface area contributed by atoms with Gasteiger partial charge in [0.1, 0.15) is 12.7 Å². The number of hydrogen-bond donors (Lipinski definition) is 2. The van der Waals surface area contributed by atoms with E-state index in [1.165, 1.54) is 13.8 Å². The topological polar surface area (TPSA) is 75.6 Å². The fraction of sp³-hybridized carbons (Fsp3) is 0.467. The lowest BCUT2D eigenvalue weighted by Crippen LogP contribution is -2.42. The molecule has 0 radical (unpaired) electrons. The number of amides is 1. The van der Waals surface area contributed by atoms with Crippen LogP contribution in [0.25, 0.3) is 0 Å². The first-order chi connectivity index (χ1) is 10.6. The molecule has 0 aromatic heterocycles. The number of nitrogens with one attached hydrogen (secondary N) is 1. The van der Waals surface area contributed by atoms with Crippen LogP contribution in [0.4, 0.5) is 13.2 Å². The summed E-state index contributed by atoms with van der Waals surface area (Å²) < 4.78 is 40.8. The summed E-state index contributed by atoms with van der Waals surface area (Å²) in [5.74, 6) is -2.91. The molecule has 1 rings (SSSR count). The van der Waals surface area contributed by atoms with Crippen LogP contribution in [0, 0.1) is 5.92 Å². The lowest BCUT2D eigenvalue weighted by molar-refractivity contribution is -0.185. The van der Waals surface area contributed by atoms with E-state index in [2.05, 4.69) is 10.1 Å². The van der Waals surface area contributed by atoms with E-state index in [0.717, 1.165) is 0 Å². The van der Waals surface area contributed by atoms with Crippen LogP contribution in [-0.4, -0.2) is 35.9 Å². The molecule has 1 aromatic rings. The molecule has 0 unspecified atom stereocenters. The number of hydrogen-bond acceptors (Lipinski definition) is 3. The van der Waals surface area contributed by atoms with Gasteiger partial charge in [-0.1, -0.05) is 30.3 Å². The number of aliphatic carboxylic acids is 1. The lowest BCUT2D eigenvalue weighted by atomic mass is 9.94. The zero-order chi connectivity index (χ0) is 17.6. The van der Waals surface area contributed by atoms with E-state index in [9.17, 15) is 22.8 Å². The molecule has 0 aliphatic carbocycles. The summed E-state index contributed by atoms with van der Waals surface area (Å²) in [6.07, 6.45) is -5.90. The number of carboxylic acid groups (broad SMARTS) is 1. The molecule has 8 heteroatoms. The fourth-order valence-corrected chi connectivity index (χ4v) is 1.87. The van der Waals surface area contributed by atoms with Gasteiger partial charge in [0.05, 0.1) is 12.0 Å². The van der Waals surface area contributed by atoms with E-state index in [0.29, 0.717) is 5.56 Å². The van der Waals surface area contributed by atoms with E-state index in [4.69, 9.17) is 5.11 Å². The molecule has 0 saturated carbocycles. The van der Waals surface area contributed by atoms with Crippen LogP contribution in [0.2, 0.25) is 0 Å². The Labute approximate surface area is 131 Å². The van der Waals surface area contributed by atoms with Gasteiger partial charge in [0.2, 0.25) is 5.91 Å². The number of carbonyl (C=O) groups is 2. The second-order valence-corrected chi connectivity index (χ2v) is 5.09. The van der Waals surface area contributed by atoms with Gasteiger partial charge in [-0.05, 0) is 19.4 Å². The lowest BCUT2D eigenvalue weighted by Gasteiger charge is -2.25. The molecule has 0 aliphatic heterocycles. The highest BCUT2D eigenvalue weighted by Gasteiger charge is 2.32. The summed E-state index contributed by atoms with van der Waals surface area (Å²) in [6.45, 7) is 1.03. The molecule has 0 bridgehead atoms. The van der Waals surface area contributed by atoms with Crippen molar-refractivity contribution in [3.05, 3.63) is 35.9 Å². The molecule has 1 aromatic carbocycles. The fourth-order valence-electron chi connectivity index (χ4n) is 1.87. The van der Waals surface area contributed by atoms with Crippen LogP contribution in [0.3, 0.4) is 0 Å². The number of ether oxygens (including phenoxy) is 1. The quantitative estimate of drug-likeness (QED) is 0.804. The Morgan fingerprint density at radius 1 is 1.22 bits per heavy atom. The molecule has 0 spiro atoms. The van der Waals surface area contributed by atoms with Crippen LogP contribution in [-0.2, 0) is 14.3 Å². The number of alkyl halides is 3. The van der Waals surface area contributed by atoms with Crippen molar-refractivity contribution in [2.45, 2.75) is 32.2 Å². The first-order valence-electron chi connectivity index (χ1n) is 6.88. The van der Waals surface area contributed by atoms with Gasteiger partial charge in [0.15, 0.2) is 0 Å². The van der Waals surface area contributed by atoms with Crippen molar-refractivity contribution in [2.75, 3.05) is 6.61 Å².